The molecule has 0 radical (unpaired) electrons. The van der Waals surface area contributed by atoms with Crippen LogP contribution in [0.15, 0.2) is 18.2 Å². The fraction of sp³-hybridized carbons (Fsp3) is 0.250. The second-order valence-corrected chi connectivity index (χ2v) is 4.19. The van der Waals surface area contributed by atoms with E-state index in [2.05, 4.69) is 11.9 Å². The number of benzene rings is 1. The average Bonchev–Trinajstić information content (AvgIpc) is 2.19. The molecule has 0 fully saturated rings. The van der Waals surface area contributed by atoms with E-state index in [4.69, 9.17) is 17.3 Å². The lowest BCUT2D eigenvalue weighted by Crippen LogP contribution is -2.01. The van der Waals surface area contributed by atoms with Crippen molar-refractivity contribution < 1.29 is 0 Å². The maximum atomic E-state index is 6.02. The van der Waals surface area contributed by atoms with Crippen LogP contribution in [-0.4, -0.2) is 4.98 Å². The van der Waals surface area contributed by atoms with E-state index in [9.17, 15) is 0 Å². The quantitative estimate of drug-likeness (QED) is 0.803. The highest BCUT2D eigenvalue weighted by Gasteiger charge is 2.05. The SMILES string of the molecule is Cc1cc(CN)nc2c(C)cc(Cl)cc12. The van der Waals surface area contributed by atoms with Crippen LogP contribution in [0, 0.1) is 13.8 Å². The fourth-order valence-electron chi connectivity index (χ4n) is 1.79. The number of aromatic nitrogens is 1. The third kappa shape index (κ3) is 1.83. The summed E-state index contributed by atoms with van der Waals surface area (Å²) < 4.78 is 0. The summed E-state index contributed by atoms with van der Waals surface area (Å²) in [7, 11) is 0. The predicted molar refractivity (Wildman–Crippen MR) is 64.1 cm³/mol. The van der Waals surface area contributed by atoms with Crippen LogP contribution in [0.5, 0.6) is 0 Å². The van der Waals surface area contributed by atoms with Crippen LogP contribution in [-0.2, 0) is 6.54 Å². The van der Waals surface area contributed by atoms with Gasteiger partial charge in [-0.15, -0.1) is 0 Å². The summed E-state index contributed by atoms with van der Waals surface area (Å²) in [4.78, 5) is 4.51. The van der Waals surface area contributed by atoms with Gasteiger partial charge in [-0.25, -0.2) is 0 Å². The lowest BCUT2D eigenvalue weighted by molar-refractivity contribution is 1.00. The highest BCUT2D eigenvalue weighted by atomic mass is 35.5. The van der Waals surface area contributed by atoms with Crippen molar-refractivity contribution in [2.24, 2.45) is 5.73 Å². The first-order valence-corrected chi connectivity index (χ1v) is 5.26. The van der Waals surface area contributed by atoms with Crippen molar-refractivity contribution in [1.82, 2.24) is 4.98 Å². The second kappa shape index (κ2) is 3.80. The van der Waals surface area contributed by atoms with Crippen molar-refractivity contribution in [2.45, 2.75) is 20.4 Å². The number of pyridine rings is 1. The van der Waals surface area contributed by atoms with Crippen LogP contribution >= 0.6 is 11.6 Å². The van der Waals surface area contributed by atoms with Gasteiger partial charge in [0.15, 0.2) is 0 Å². The predicted octanol–water partition coefficient (Wildman–Crippen LogP) is 2.96. The van der Waals surface area contributed by atoms with Gasteiger partial charge in [-0.05, 0) is 43.2 Å². The van der Waals surface area contributed by atoms with E-state index in [1.54, 1.807) is 0 Å². The van der Waals surface area contributed by atoms with Crippen molar-refractivity contribution in [3.8, 4) is 0 Å². The van der Waals surface area contributed by atoms with Crippen LogP contribution in [0.1, 0.15) is 16.8 Å². The second-order valence-electron chi connectivity index (χ2n) is 3.75. The molecule has 0 aliphatic heterocycles. The molecule has 0 amide bonds. The summed E-state index contributed by atoms with van der Waals surface area (Å²) >= 11 is 6.02. The van der Waals surface area contributed by atoms with Gasteiger partial charge in [-0.2, -0.15) is 0 Å². The van der Waals surface area contributed by atoms with E-state index in [-0.39, 0.29) is 0 Å². The van der Waals surface area contributed by atoms with Crippen LogP contribution in [0.4, 0.5) is 0 Å². The van der Waals surface area contributed by atoms with Gasteiger partial charge in [0.1, 0.15) is 0 Å². The molecule has 15 heavy (non-hydrogen) atoms. The molecule has 1 aromatic carbocycles. The first-order valence-electron chi connectivity index (χ1n) is 4.88. The summed E-state index contributed by atoms with van der Waals surface area (Å²) in [6.45, 7) is 4.54. The molecule has 0 aliphatic rings. The van der Waals surface area contributed by atoms with Gasteiger partial charge in [0.05, 0.1) is 11.2 Å². The van der Waals surface area contributed by atoms with Gasteiger partial charge in [0.25, 0.3) is 0 Å². The number of aryl methyl sites for hydroxylation is 2. The molecular formula is C12H13ClN2. The summed E-state index contributed by atoms with van der Waals surface area (Å²) in [5.41, 5.74) is 9.79. The number of fused-ring (bicyclic) bond motifs is 1. The van der Waals surface area contributed by atoms with E-state index >= 15 is 0 Å². The summed E-state index contributed by atoms with van der Waals surface area (Å²) in [6.07, 6.45) is 0. The van der Waals surface area contributed by atoms with Crippen molar-refractivity contribution in [3.63, 3.8) is 0 Å². The van der Waals surface area contributed by atoms with Crippen molar-refractivity contribution in [3.05, 3.63) is 40.0 Å². The minimum Gasteiger partial charge on any atom is -0.325 e. The Balaban J connectivity index is 2.85. The lowest BCUT2D eigenvalue weighted by Gasteiger charge is -2.08. The summed E-state index contributed by atoms with van der Waals surface area (Å²) in [5.74, 6) is 0. The Morgan fingerprint density at radius 1 is 1.20 bits per heavy atom. The van der Waals surface area contributed by atoms with E-state index in [0.29, 0.717) is 6.54 Å². The van der Waals surface area contributed by atoms with Gasteiger partial charge in [0, 0.05) is 17.0 Å². The van der Waals surface area contributed by atoms with Gasteiger partial charge in [-0.1, -0.05) is 11.6 Å². The number of rotatable bonds is 1. The number of nitrogens with zero attached hydrogens (tertiary/aromatic N) is 1. The molecule has 0 aliphatic carbocycles. The maximum Gasteiger partial charge on any atom is 0.0738 e. The van der Waals surface area contributed by atoms with Crippen LogP contribution in [0.2, 0.25) is 5.02 Å². The minimum atomic E-state index is 0.471. The highest BCUT2D eigenvalue weighted by molar-refractivity contribution is 6.31. The maximum absolute atomic E-state index is 6.02. The molecule has 2 rings (SSSR count). The normalized spacial score (nSPS) is 10.9. The first kappa shape index (κ1) is 10.4. The standard InChI is InChI=1S/C12H13ClN2/c1-7-4-10(6-14)15-12-8(2)3-9(13)5-11(7)12/h3-5H,6,14H2,1-2H3. The monoisotopic (exact) mass is 220 g/mol. The van der Waals surface area contributed by atoms with Crippen LogP contribution < -0.4 is 5.73 Å². The lowest BCUT2D eigenvalue weighted by atomic mass is 10.1. The number of nitrogens with two attached hydrogens (primary N) is 1. The molecule has 0 saturated carbocycles. The molecule has 1 aromatic heterocycles. The summed E-state index contributed by atoms with van der Waals surface area (Å²) in [5, 5.41) is 1.86. The highest BCUT2D eigenvalue weighted by Crippen LogP contribution is 2.25. The van der Waals surface area contributed by atoms with Crippen molar-refractivity contribution >= 4 is 22.5 Å². The van der Waals surface area contributed by atoms with E-state index in [0.717, 1.165) is 27.2 Å². The zero-order chi connectivity index (χ0) is 11.0. The first-order chi connectivity index (χ1) is 7.11. The zero-order valence-electron chi connectivity index (χ0n) is 8.84. The molecule has 1 heterocycles. The number of hydrogen-bond acceptors (Lipinski definition) is 2. The molecule has 0 unspecified atom stereocenters. The molecule has 0 bridgehead atoms. The molecule has 0 atom stereocenters. The molecular weight excluding hydrogens is 208 g/mol. The minimum absolute atomic E-state index is 0.471. The van der Waals surface area contributed by atoms with Gasteiger partial charge in [-0.3, -0.25) is 4.98 Å². The molecule has 2 N–H and O–H groups in total. The average molecular weight is 221 g/mol. The Morgan fingerprint density at radius 2 is 1.93 bits per heavy atom. The summed E-state index contributed by atoms with van der Waals surface area (Å²) in [6, 6.07) is 5.89. The molecule has 2 aromatic rings. The molecule has 0 spiro atoms. The van der Waals surface area contributed by atoms with Gasteiger partial charge < -0.3 is 5.73 Å². The molecule has 0 saturated heterocycles. The smallest absolute Gasteiger partial charge is 0.0738 e. The van der Waals surface area contributed by atoms with Crippen molar-refractivity contribution in [2.75, 3.05) is 0 Å². The Labute approximate surface area is 94.1 Å². The Bertz CT molecular complexity index is 521. The van der Waals surface area contributed by atoms with Gasteiger partial charge in [0.2, 0.25) is 0 Å². The topological polar surface area (TPSA) is 38.9 Å². The largest absolute Gasteiger partial charge is 0.325 e. The van der Waals surface area contributed by atoms with Gasteiger partial charge >= 0.3 is 0 Å². The van der Waals surface area contributed by atoms with Crippen molar-refractivity contribution in [1.29, 1.82) is 0 Å². The molecule has 3 heteroatoms. The third-order valence-corrected chi connectivity index (χ3v) is 2.76. The number of hydrogen-bond donors (Lipinski definition) is 1. The number of halogens is 1. The van der Waals surface area contributed by atoms with E-state index in [1.807, 2.05) is 25.1 Å². The zero-order valence-corrected chi connectivity index (χ0v) is 9.60. The Kier molecular flexibility index (Phi) is 2.63. The third-order valence-electron chi connectivity index (χ3n) is 2.54. The Morgan fingerprint density at radius 3 is 2.60 bits per heavy atom. The van der Waals surface area contributed by atoms with Crippen LogP contribution in [0.3, 0.4) is 0 Å². The van der Waals surface area contributed by atoms with E-state index in [1.165, 1.54) is 5.56 Å². The fourth-order valence-corrected chi connectivity index (χ4v) is 2.07. The van der Waals surface area contributed by atoms with E-state index < -0.39 is 0 Å². The molecule has 2 nitrogen and oxygen atoms in total. The molecule has 78 valence electrons. The Hall–Kier alpha value is -1.12. The van der Waals surface area contributed by atoms with Crippen LogP contribution in [0.25, 0.3) is 10.9 Å².